The number of hydrogen-bond acceptors (Lipinski definition) is 1. The fraction of sp³-hybridized carbons (Fsp3) is 0.733. The van der Waals surface area contributed by atoms with Crippen molar-refractivity contribution in [2.45, 2.75) is 97.5 Å². The van der Waals surface area contributed by atoms with Gasteiger partial charge in [0.15, 0.2) is 0 Å². The van der Waals surface area contributed by atoms with Crippen LogP contribution >= 0.6 is 0 Å². The standard InChI is InChI=1S/C30H43FO/c1-20-13-16-28(2)22(19-20)7-10-24-25-11-12-27(29(25,3)17-15-26(24)28)30(4,32)18-14-21-5-8-23(31)9-6-21/h5-9,20,24-27,32H,10-19H2,1-4H3/t20-,24-,25-,26-,27-,28-,29-,30+/m0/s1. The van der Waals surface area contributed by atoms with Crippen molar-refractivity contribution in [3.05, 3.63) is 47.3 Å². The maximum atomic E-state index is 13.3. The molecule has 1 nitrogen and oxygen atoms in total. The molecule has 0 spiro atoms. The first-order valence-electron chi connectivity index (χ1n) is 13.3. The second-order valence-corrected chi connectivity index (χ2v) is 12.8. The number of aryl methyl sites for hydroxylation is 1. The molecule has 4 aliphatic carbocycles. The third-order valence-electron chi connectivity index (χ3n) is 10.9. The molecule has 0 saturated heterocycles. The molecule has 8 atom stereocenters. The van der Waals surface area contributed by atoms with Crippen LogP contribution in [0.2, 0.25) is 0 Å². The smallest absolute Gasteiger partial charge is 0.123 e. The summed E-state index contributed by atoms with van der Waals surface area (Å²) >= 11 is 0. The van der Waals surface area contributed by atoms with Crippen LogP contribution in [0, 0.1) is 46.2 Å². The Morgan fingerprint density at radius 1 is 1.03 bits per heavy atom. The highest BCUT2D eigenvalue weighted by molar-refractivity contribution is 5.25. The van der Waals surface area contributed by atoms with Crippen molar-refractivity contribution in [1.82, 2.24) is 0 Å². The molecule has 176 valence electrons. The molecule has 0 radical (unpaired) electrons. The molecule has 3 saturated carbocycles. The highest BCUT2D eigenvalue weighted by Gasteiger charge is 2.61. The normalized spacial score (nSPS) is 42.9. The topological polar surface area (TPSA) is 20.2 Å². The fourth-order valence-electron chi connectivity index (χ4n) is 9.09. The van der Waals surface area contributed by atoms with E-state index in [1.165, 1.54) is 57.1 Å². The van der Waals surface area contributed by atoms with E-state index in [-0.39, 0.29) is 11.2 Å². The molecule has 2 heteroatoms. The number of rotatable bonds is 4. The Morgan fingerprint density at radius 3 is 2.53 bits per heavy atom. The SMILES string of the molecule is C[C@H]1CC[C@@]2(C)C(=CC[C@H]3[C@@H]4CC[C@H]([C@](C)(O)CCc5ccc(F)cc5)[C@@]4(C)CC[C@@H]32)C1. The van der Waals surface area contributed by atoms with Crippen molar-refractivity contribution in [3.63, 3.8) is 0 Å². The Hall–Kier alpha value is -1.15. The van der Waals surface area contributed by atoms with E-state index in [1.54, 1.807) is 5.57 Å². The van der Waals surface area contributed by atoms with E-state index in [4.69, 9.17) is 0 Å². The molecule has 0 unspecified atom stereocenters. The summed E-state index contributed by atoms with van der Waals surface area (Å²) in [5, 5.41) is 11.7. The second-order valence-electron chi connectivity index (χ2n) is 12.8. The van der Waals surface area contributed by atoms with Gasteiger partial charge in [0.05, 0.1) is 5.60 Å². The zero-order valence-corrected chi connectivity index (χ0v) is 20.7. The molecule has 0 aliphatic heterocycles. The van der Waals surface area contributed by atoms with Crippen LogP contribution in [0.5, 0.6) is 0 Å². The Morgan fingerprint density at radius 2 is 1.78 bits per heavy atom. The van der Waals surface area contributed by atoms with Gasteiger partial charge >= 0.3 is 0 Å². The van der Waals surface area contributed by atoms with Crippen LogP contribution in [-0.4, -0.2) is 10.7 Å². The second kappa shape index (κ2) is 7.97. The lowest BCUT2D eigenvalue weighted by Gasteiger charge is -2.59. The number of hydrogen-bond donors (Lipinski definition) is 1. The van der Waals surface area contributed by atoms with E-state index in [1.807, 2.05) is 12.1 Å². The van der Waals surface area contributed by atoms with Gasteiger partial charge in [0.25, 0.3) is 0 Å². The summed E-state index contributed by atoms with van der Waals surface area (Å²) in [6.45, 7) is 9.63. The summed E-state index contributed by atoms with van der Waals surface area (Å²) in [5.41, 5.74) is 2.92. The van der Waals surface area contributed by atoms with Crippen LogP contribution < -0.4 is 0 Å². The Bertz CT molecular complexity index is 869. The first kappa shape index (κ1) is 22.6. The van der Waals surface area contributed by atoms with Gasteiger partial charge in [0.2, 0.25) is 0 Å². The van der Waals surface area contributed by atoms with Gasteiger partial charge in [-0.05, 0) is 129 Å². The molecule has 1 aromatic carbocycles. The van der Waals surface area contributed by atoms with Crippen molar-refractivity contribution in [1.29, 1.82) is 0 Å². The van der Waals surface area contributed by atoms with Crippen molar-refractivity contribution in [2.75, 3.05) is 0 Å². The molecule has 0 aromatic heterocycles. The predicted molar refractivity (Wildman–Crippen MR) is 130 cm³/mol. The summed E-state index contributed by atoms with van der Waals surface area (Å²) < 4.78 is 13.3. The van der Waals surface area contributed by atoms with Gasteiger partial charge in [-0.2, -0.15) is 0 Å². The van der Waals surface area contributed by atoms with Gasteiger partial charge in [-0.3, -0.25) is 0 Å². The van der Waals surface area contributed by atoms with Crippen LogP contribution in [0.25, 0.3) is 0 Å². The third-order valence-corrected chi connectivity index (χ3v) is 10.9. The lowest BCUT2D eigenvalue weighted by atomic mass is 9.46. The van der Waals surface area contributed by atoms with Crippen LogP contribution in [0.4, 0.5) is 4.39 Å². The van der Waals surface area contributed by atoms with Crippen molar-refractivity contribution < 1.29 is 9.50 Å². The molecule has 3 fully saturated rings. The van der Waals surface area contributed by atoms with Gasteiger partial charge in [-0.25, -0.2) is 4.39 Å². The zero-order chi connectivity index (χ0) is 22.7. The monoisotopic (exact) mass is 438 g/mol. The lowest BCUT2D eigenvalue weighted by molar-refractivity contribution is -0.103. The average Bonchev–Trinajstić information content (AvgIpc) is 3.12. The summed E-state index contributed by atoms with van der Waals surface area (Å²) in [7, 11) is 0. The molecule has 5 rings (SSSR count). The van der Waals surface area contributed by atoms with E-state index in [0.717, 1.165) is 48.5 Å². The Labute approximate surface area is 194 Å². The summed E-state index contributed by atoms with van der Waals surface area (Å²) in [5.74, 6) is 3.43. The number of halogens is 1. The minimum atomic E-state index is -0.662. The first-order valence-corrected chi connectivity index (χ1v) is 13.3. The summed E-state index contributed by atoms with van der Waals surface area (Å²) in [6, 6.07) is 6.81. The highest BCUT2D eigenvalue weighted by atomic mass is 19.1. The van der Waals surface area contributed by atoms with E-state index in [9.17, 15) is 9.50 Å². The number of benzene rings is 1. The molecule has 1 N–H and O–H groups in total. The van der Waals surface area contributed by atoms with Crippen molar-refractivity contribution in [3.8, 4) is 0 Å². The summed E-state index contributed by atoms with van der Waals surface area (Å²) in [6.07, 6.45) is 14.6. The summed E-state index contributed by atoms with van der Waals surface area (Å²) in [4.78, 5) is 0. The molecule has 4 aliphatic rings. The third kappa shape index (κ3) is 3.60. The van der Waals surface area contributed by atoms with Gasteiger partial charge in [-0.1, -0.05) is 44.6 Å². The zero-order valence-electron chi connectivity index (χ0n) is 20.7. The van der Waals surface area contributed by atoms with Gasteiger partial charge in [0, 0.05) is 0 Å². The predicted octanol–water partition coefficient (Wildman–Crippen LogP) is 7.72. The van der Waals surface area contributed by atoms with E-state index in [2.05, 4.69) is 33.8 Å². The fourth-order valence-corrected chi connectivity index (χ4v) is 9.09. The van der Waals surface area contributed by atoms with Crippen LogP contribution in [0.1, 0.15) is 91.0 Å². The number of allylic oxidation sites excluding steroid dienone is 2. The molecule has 0 heterocycles. The Kier molecular flexibility index (Phi) is 5.63. The minimum Gasteiger partial charge on any atom is -0.390 e. The highest BCUT2D eigenvalue weighted by Crippen LogP contribution is 2.67. The van der Waals surface area contributed by atoms with E-state index < -0.39 is 5.60 Å². The average molecular weight is 439 g/mol. The molecule has 1 aromatic rings. The van der Waals surface area contributed by atoms with Crippen LogP contribution in [0.3, 0.4) is 0 Å². The maximum absolute atomic E-state index is 13.3. The van der Waals surface area contributed by atoms with Gasteiger partial charge in [0.1, 0.15) is 5.82 Å². The first-order chi connectivity index (χ1) is 15.1. The van der Waals surface area contributed by atoms with Gasteiger partial charge in [-0.15, -0.1) is 0 Å². The van der Waals surface area contributed by atoms with E-state index >= 15 is 0 Å². The van der Waals surface area contributed by atoms with E-state index in [0.29, 0.717) is 11.3 Å². The van der Waals surface area contributed by atoms with Crippen LogP contribution in [-0.2, 0) is 6.42 Å². The quantitative estimate of drug-likeness (QED) is 0.477. The number of fused-ring (bicyclic) bond motifs is 5. The van der Waals surface area contributed by atoms with Gasteiger partial charge < -0.3 is 5.11 Å². The molecule has 0 amide bonds. The van der Waals surface area contributed by atoms with Crippen molar-refractivity contribution >= 4 is 0 Å². The minimum absolute atomic E-state index is 0.186. The molecule has 32 heavy (non-hydrogen) atoms. The maximum Gasteiger partial charge on any atom is 0.123 e. The largest absolute Gasteiger partial charge is 0.390 e. The molecular formula is C30H43FO. The lowest BCUT2D eigenvalue weighted by Crippen LogP contribution is -2.52. The molecular weight excluding hydrogens is 395 g/mol. The molecule has 0 bridgehead atoms. The van der Waals surface area contributed by atoms with Crippen molar-refractivity contribution in [2.24, 2.45) is 40.4 Å². The van der Waals surface area contributed by atoms with Crippen LogP contribution in [0.15, 0.2) is 35.9 Å². The Balaban J connectivity index is 1.34. The number of aliphatic hydroxyl groups is 1.